The van der Waals surface area contributed by atoms with Gasteiger partial charge in [-0.2, -0.15) is 0 Å². The zero-order chi connectivity index (χ0) is 13.8. The van der Waals surface area contributed by atoms with Gasteiger partial charge < -0.3 is 10.5 Å². The molecule has 0 atom stereocenters. The van der Waals surface area contributed by atoms with Crippen LogP contribution in [0.2, 0.25) is 0 Å². The van der Waals surface area contributed by atoms with Crippen molar-refractivity contribution in [3.63, 3.8) is 0 Å². The molecule has 0 spiro atoms. The smallest absolute Gasteiger partial charge is 0.338 e. The molecule has 0 amide bonds. The van der Waals surface area contributed by atoms with E-state index in [2.05, 4.69) is 6.92 Å². The number of benzene rings is 1. The summed E-state index contributed by atoms with van der Waals surface area (Å²) in [5, 5.41) is 0. The van der Waals surface area contributed by atoms with Crippen LogP contribution in [0.5, 0.6) is 0 Å². The first-order valence-electron chi connectivity index (χ1n) is 6.86. The Labute approximate surface area is 112 Å². The minimum atomic E-state index is -0.514. The summed E-state index contributed by atoms with van der Waals surface area (Å²) < 4.78 is 18.5. The highest BCUT2D eigenvalue weighted by Gasteiger charge is 2.23. The lowest BCUT2D eigenvalue weighted by Gasteiger charge is -2.27. The average Bonchev–Trinajstić information content (AvgIpc) is 2.42. The summed E-state index contributed by atoms with van der Waals surface area (Å²) in [5.74, 6) is -0.164. The van der Waals surface area contributed by atoms with Crippen LogP contribution in [0.15, 0.2) is 18.2 Å². The van der Waals surface area contributed by atoms with E-state index >= 15 is 0 Å². The Balaban J connectivity index is 1.92. The molecule has 1 aliphatic carbocycles. The number of nitrogens with two attached hydrogens (primary N) is 1. The largest absolute Gasteiger partial charge is 0.459 e. The standard InChI is InChI=1S/C15H20FNO2/c1-2-10-3-6-12(7-4-10)19-15(18)11-5-8-13(16)14(17)9-11/h5,8-10,12H,2-4,6-7,17H2,1H3. The van der Waals surface area contributed by atoms with E-state index in [1.54, 1.807) is 0 Å². The fourth-order valence-electron chi connectivity index (χ4n) is 2.55. The minimum absolute atomic E-state index is 0.0124. The van der Waals surface area contributed by atoms with Crippen LogP contribution in [0, 0.1) is 11.7 Å². The molecule has 0 saturated heterocycles. The van der Waals surface area contributed by atoms with Gasteiger partial charge in [0.05, 0.1) is 11.3 Å². The average molecular weight is 265 g/mol. The molecule has 2 N–H and O–H groups in total. The fraction of sp³-hybridized carbons (Fsp3) is 0.533. The molecule has 19 heavy (non-hydrogen) atoms. The molecule has 3 nitrogen and oxygen atoms in total. The van der Waals surface area contributed by atoms with Crippen molar-refractivity contribution in [2.45, 2.75) is 45.1 Å². The second-order valence-corrected chi connectivity index (χ2v) is 5.19. The molecular weight excluding hydrogens is 245 g/mol. The second kappa shape index (κ2) is 6.04. The lowest BCUT2D eigenvalue weighted by molar-refractivity contribution is 0.0164. The number of hydrogen-bond donors (Lipinski definition) is 1. The summed E-state index contributed by atoms with van der Waals surface area (Å²) in [6.45, 7) is 2.19. The Morgan fingerprint density at radius 2 is 2.05 bits per heavy atom. The molecular formula is C15H20FNO2. The maximum atomic E-state index is 13.0. The number of nitrogen functional groups attached to an aromatic ring is 1. The summed E-state index contributed by atoms with van der Waals surface area (Å²) in [5.41, 5.74) is 5.74. The predicted molar refractivity (Wildman–Crippen MR) is 72.3 cm³/mol. The molecule has 1 aromatic rings. The molecule has 1 aliphatic rings. The van der Waals surface area contributed by atoms with Gasteiger partial charge in [0.15, 0.2) is 0 Å². The van der Waals surface area contributed by atoms with Gasteiger partial charge >= 0.3 is 5.97 Å². The Morgan fingerprint density at radius 3 is 2.63 bits per heavy atom. The maximum absolute atomic E-state index is 13.0. The number of carbonyl (C=O) groups excluding carboxylic acids is 1. The van der Waals surface area contributed by atoms with Gasteiger partial charge in [-0.1, -0.05) is 13.3 Å². The number of hydrogen-bond acceptors (Lipinski definition) is 3. The maximum Gasteiger partial charge on any atom is 0.338 e. The first kappa shape index (κ1) is 13.8. The fourth-order valence-corrected chi connectivity index (χ4v) is 2.55. The van der Waals surface area contributed by atoms with E-state index in [-0.39, 0.29) is 11.8 Å². The number of halogens is 1. The number of carbonyl (C=O) groups is 1. The van der Waals surface area contributed by atoms with Crippen LogP contribution >= 0.6 is 0 Å². The first-order chi connectivity index (χ1) is 9.10. The molecule has 1 saturated carbocycles. The lowest BCUT2D eigenvalue weighted by atomic mass is 9.86. The molecule has 0 bridgehead atoms. The van der Waals surface area contributed by atoms with Gasteiger partial charge in [0.1, 0.15) is 11.9 Å². The second-order valence-electron chi connectivity index (χ2n) is 5.19. The van der Waals surface area contributed by atoms with Gasteiger partial charge in [-0.3, -0.25) is 0 Å². The molecule has 0 radical (unpaired) electrons. The molecule has 1 aromatic carbocycles. The number of anilines is 1. The van der Waals surface area contributed by atoms with E-state index < -0.39 is 11.8 Å². The van der Waals surface area contributed by atoms with Crippen molar-refractivity contribution in [3.8, 4) is 0 Å². The van der Waals surface area contributed by atoms with Crippen molar-refractivity contribution in [1.29, 1.82) is 0 Å². The Morgan fingerprint density at radius 1 is 1.37 bits per heavy atom. The van der Waals surface area contributed by atoms with E-state index in [0.717, 1.165) is 31.6 Å². The topological polar surface area (TPSA) is 52.3 Å². The molecule has 4 heteroatoms. The first-order valence-corrected chi connectivity index (χ1v) is 6.86. The van der Waals surface area contributed by atoms with Crippen LogP contribution < -0.4 is 5.73 Å². The zero-order valence-electron chi connectivity index (χ0n) is 11.2. The van der Waals surface area contributed by atoms with Crippen LogP contribution in [0.25, 0.3) is 0 Å². The van der Waals surface area contributed by atoms with Crippen molar-refractivity contribution < 1.29 is 13.9 Å². The van der Waals surface area contributed by atoms with Crippen molar-refractivity contribution in [3.05, 3.63) is 29.6 Å². The number of esters is 1. The highest BCUT2D eigenvalue weighted by atomic mass is 19.1. The Bertz CT molecular complexity index is 453. The van der Waals surface area contributed by atoms with Crippen LogP contribution in [-0.2, 0) is 4.74 Å². The molecule has 1 fully saturated rings. The van der Waals surface area contributed by atoms with E-state index in [1.165, 1.54) is 24.6 Å². The Kier molecular flexibility index (Phi) is 4.40. The molecule has 2 rings (SSSR count). The summed E-state index contributed by atoms with van der Waals surface area (Å²) in [6, 6.07) is 3.93. The van der Waals surface area contributed by atoms with Crippen molar-refractivity contribution >= 4 is 11.7 Å². The highest BCUT2D eigenvalue weighted by molar-refractivity contribution is 5.90. The number of ether oxygens (including phenoxy) is 1. The van der Waals surface area contributed by atoms with E-state index in [1.807, 2.05) is 0 Å². The van der Waals surface area contributed by atoms with Crippen molar-refractivity contribution in [2.24, 2.45) is 5.92 Å². The monoisotopic (exact) mass is 265 g/mol. The quantitative estimate of drug-likeness (QED) is 0.672. The molecule has 0 aliphatic heterocycles. The lowest BCUT2D eigenvalue weighted by Crippen LogP contribution is -2.24. The van der Waals surface area contributed by atoms with Gasteiger partial charge in [0.2, 0.25) is 0 Å². The minimum Gasteiger partial charge on any atom is -0.459 e. The molecule has 104 valence electrons. The van der Waals surface area contributed by atoms with Crippen molar-refractivity contribution in [2.75, 3.05) is 5.73 Å². The van der Waals surface area contributed by atoms with Gasteiger partial charge in [0, 0.05) is 0 Å². The van der Waals surface area contributed by atoms with E-state index in [4.69, 9.17) is 10.5 Å². The van der Waals surface area contributed by atoms with Gasteiger partial charge in [-0.25, -0.2) is 9.18 Å². The summed E-state index contributed by atoms with van der Waals surface area (Å²) >= 11 is 0. The van der Waals surface area contributed by atoms with Gasteiger partial charge in [-0.05, 0) is 49.8 Å². The SMILES string of the molecule is CCC1CCC(OC(=O)c2ccc(F)c(N)c2)CC1. The third-order valence-corrected chi connectivity index (χ3v) is 3.88. The normalized spacial score (nSPS) is 23.1. The highest BCUT2D eigenvalue weighted by Crippen LogP contribution is 2.28. The summed E-state index contributed by atoms with van der Waals surface area (Å²) in [6.07, 6.45) is 5.23. The van der Waals surface area contributed by atoms with E-state index in [9.17, 15) is 9.18 Å². The Hall–Kier alpha value is -1.58. The summed E-state index contributed by atoms with van der Waals surface area (Å²) in [7, 11) is 0. The van der Waals surface area contributed by atoms with Gasteiger partial charge in [0.25, 0.3) is 0 Å². The zero-order valence-corrected chi connectivity index (χ0v) is 11.2. The molecule has 0 unspecified atom stereocenters. The number of rotatable bonds is 3. The van der Waals surface area contributed by atoms with Crippen LogP contribution in [0.4, 0.5) is 10.1 Å². The van der Waals surface area contributed by atoms with Crippen molar-refractivity contribution in [1.82, 2.24) is 0 Å². The predicted octanol–water partition coefficient (Wildman–Crippen LogP) is 3.53. The van der Waals surface area contributed by atoms with Gasteiger partial charge in [-0.15, -0.1) is 0 Å². The molecule has 0 aromatic heterocycles. The third kappa shape index (κ3) is 3.46. The van der Waals surface area contributed by atoms with E-state index in [0.29, 0.717) is 5.56 Å². The van der Waals surface area contributed by atoms with Crippen LogP contribution in [-0.4, -0.2) is 12.1 Å². The third-order valence-electron chi connectivity index (χ3n) is 3.88. The van der Waals surface area contributed by atoms with Crippen LogP contribution in [0.1, 0.15) is 49.4 Å². The van der Waals surface area contributed by atoms with Crippen LogP contribution in [0.3, 0.4) is 0 Å². The summed E-state index contributed by atoms with van der Waals surface area (Å²) in [4.78, 5) is 11.9. The molecule has 0 heterocycles.